The molecule has 0 amide bonds. The maximum atomic E-state index is 12.6. The Bertz CT molecular complexity index is 712. The van der Waals surface area contributed by atoms with Crippen LogP contribution in [-0.4, -0.2) is 32.8 Å². The van der Waals surface area contributed by atoms with E-state index in [0.717, 1.165) is 17.5 Å². The van der Waals surface area contributed by atoms with Gasteiger partial charge in [0.15, 0.2) is 23.4 Å². The molecule has 3 N–H and O–H groups in total. The molecule has 0 spiro atoms. The van der Waals surface area contributed by atoms with E-state index in [2.05, 4.69) is 0 Å². The fourth-order valence-corrected chi connectivity index (χ4v) is 5.30. The maximum absolute atomic E-state index is 12.6. The molecule has 2 aliphatic carbocycles. The first-order valence-corrected chi connectivity index (χ1v) is 8.37. The van der Waals surface area contributed by atoms with Gasteiger partial charge < -0.3 is 20.1 Å². The molecular formula is C18H22O5. The lowest BCUT2D eigenvalue weighted by Crippen LogP contribution is -2.67. The largest absolute Gasteiger partial charge is 0.504 e. The Labute approximate surface area is 134 Å². The topological polar surface area (TPSA) is 87.0 Å². The molecule has 1 aromatic rings. The van der Waals surface area contributed by atoms with E-state index in [-0.39, 0.29) is 35.4 Å². The van der Waals surface area contributed by atoms with E-state index in [0.29, 0.717) is 19.3 Å². The summed E-state index contributed by atoms with van der Waals surface area (Å²) < 4.78 is 5.88. The van der Waals surface area contributed by atoms with Gasteiger partial charge >= 0.3 is 0 Å². The number of phenols is 2. The van der Waals surface area contributed by atoms with Gasteiger partial charge in [-0.1, -0.05) is 20.3 Å². The molecule has 1 heterocycles. The van der Waals surface area contributed by atoms with Crippen molar-refractivity contribution in [3.05, 3.63) is 17.2 Å². The normalized spacial score (nSPS) is 37.4. The molecule has 5 heteroatoms. The van der Waals surface area contributed by atoms with Gasteiger partial charge in [-0.3, -0.25) is 4.79 Å². The quantitative estimate of drug-likeness (QED) is 0.728. The van der Waals surface area contributed by atoms with Crippen molar-refractivity contribution in [1.82, 2.24) is 0 Å². The molecule has 4 atom stereocenters. The lowest BCUT2D eigenvalue weighted by atomic mass is 9.49. The molecule has 5 nitrogen and oxygen atoms in total. The number of rotatable bonds is 2. The van der Waals surface area contributed by atoms with Crippen LogP contribution in [0, 0.1) is 5.92 Å². The minimum Gasteiger partial charge on any atom is -0.504 e. The zero-order valence-electron chi connectivity index (χ0n) is 13.4. The Balaban J connectivity index is 2.09. The first kappa shape index (κ1) is 14.8. The molecule has 0 radical (unpaired) electrons. The molecule has 3 aliphatic rings. The second kappa shape index (κ2) is 4.41. The predicted molar refractivity (Wildman–Crippen MR) is 82.8 cm³/mol. The zero-order chi connectivity index (χ0) is 16.6. The molecule has 1 aliphatic heterocycles. The molecule has 1 fully saturated rings. The highest BCUT2D eigenvalue weighted by Crippen LogP contribution is 2.65. The summed E-state index contributed by atoms with van der Waals surface area (Å²) in [6, 6.07) is 1.56. The highest BCUT2D eigenvalue weighted by molar-refractivity contribution is 5.90. The van der Waals surface area contributed by atoms with Crippen molar-refractivity contribution in [3.63, 3.8) is 0 Å². The predicted octanol–water partition coefficient (Wildman–Crippen LogP) is 2.18. The summed E-state index contributed by atoms with van der Waals surface area (Å²) in [7, 11) is 0. The van der Waals surface area contributed by atoms with Crippen LogP contribution < -0.4 is 4.74 Å². The number of phenolic OH excluding ortho intramolecular Hbond substituents is 2. The summed E-state index contributed by atoms with van der Waals surface area (Å²) in [5.41, 5.74) is -0.222. The van der Waals surface area contributed by atoms with Crippen molar-refractivity contribution in [3.8, 4) is 17.2 Å². The zero-order valence-corrected chi connectivity index (χ0v) is 13.4. The number of aromatic hydroxyl groups is 2. The second-order valence-corrected chi connectivity index (χ2v) is 7.32. The summed E-state index contributed by atoms with van der Waals surface area (Å²) in [5.74, 6) is -0.430. The van der Waals surface area contributed by atoms with E-state index in [9.17, 15) is 20.1 Å². The number of hydrogen-bond acceptors (Lipinski definition) is 5. The van der Waals surface area contributed by atoms with Gasteiger partial charge in [-0.25, -0.2) is 0 Å². The van der Waals surface area contributed by atoms with Gasteiger partial charge in [-0.05, 0) is 36.8 Å². The molecule has 0 unspecified atom stereocenters. The van der Waals surface area contributed by atoms with Crippen molar-refractivity contribution < 1.29 is 24.9 Å². The molecule has 124 valence electrons. The van der Waals surface area contributed by atoms with Crippen molar-refractivity contribution in [2.75, 3.05) is 0 Å². The smallest absolute Gasteiger partial charge is 0.200 e. The minimum absolute atomic E-state index is 0.0294. The third kappa shape index (κ3) is 1.49. The van der Waals surface area contributed by atoms with E-state index >= 15 is 0 Å². The summed E-state index contributed by atoms with van der Waals surface area (Å²) in [6.45, 7) is 4.02. The van der Waals surface area contributed by atoms with Gasteiger partial charge in [0.25, 0.3) is 0 Å². The van der Waals surface area contributed by atoms with E-state index in [1.54, 1.807) is 6.07 Å². The third-order valence-electron chi connectivity index (χ3n) is 6.25. The molecule has 0 aromatic heterocycles. The van der Waals surface area contributed by atoms with Crippen LogP contribution in [0.2, 0.25) is 0 Å². The van der Waals surface area contributed by atoms with Gasteiger partial charge in [-0.15, -0.1) is 0 Å². The molecule has 0 saturated heterocycles. The Morgan fingerprint density at radius 3 is 2.83 bits per heavy atom. The van der Waals surface area contributed by atoms with Crippen LogP contribution in [0.1, 0.15) is 50.7 Å². The van der Waals surface area contributed by atoms with E-state index in [4.69, 9.17) is 4.74 Å². The monoisotopic (exact) mass is 318 g/mol. The summed E-state index contributed by atoms with van der Waals surface area (Å²) >= 11 is 0. The molecule has 1 aromatic carbocycles. The average molecular weight is 318 g/mol. The highest BCUT2D eigenvalue weighted by Gasteiger charge is 2.69. The van der Waals surface area contributed by atoms with Crippen LogP contribution in [0.5, 0.6) is 17.2 Å². The maximum Gasteiger partial charge on any atom is 0.200 e. The Kier molecular flexibility index (Phi) is 2.84. The van der Waals surface area contributed by atoms with Crippen molar-refractivity contribution >= 4 is 5.78 Å². The van der Waals surface area contributed by atoms with Crippen LogP contribution in [0.4, 0.5) is 0 Å². The molecule has 4 rings (SSSR count). The van der Waals surface area contributed by atoms with Crippen LogP contribution in [-0.2, 0) is 16.6 Å². The first-order chi connectivity index (χ1) is 10.9. The van der Waals surface area contributed by atoms with Gasteiger partial charge in [0.05, 0.1) is 11.0 Å². The number of ether oxygens (including phenoxy) is 1. The highest BCUT2D eigenvalue weighted by atomic mass is 16.5. The third-order valence-corrected chi connectivity index (χ3v) is 6.25. The number of hydrogen-bond donors (Lipinski definition) is 3. The standard InChI is InChI=1S/C18H22O5/c1-3-5-17-13-10-7-9(2)18(17,22)6-4-11(19)16(17)23-15(13)14(21)12(20)8-10/h8-9,16,20-22H,3-7H2,1-2H3/t9-,16+,17+,18-/m1/s1. The Morgan fingerprint density at radius 2 is 2.13 bits per heavy atom. The number of carbonyl (C=O) groups is 1. The Morgan fingerprint density at radius 1 is 1.39 bits per heavy atom. The van der Waals surface area contributed by atoms with E-state index in [1.807, 2.05) is 13.8 Å². The Hall–Kier alpha value is -1.75. The van der Waals surface area contributed by atoms with Crippen molar-refractivity contribution in [1.29, 1.82) is 0 Å². The van der Waals surface area contributed by atoms with Gasteiger partial charge in [0.1, 0.15) is 0 Å². The number of carbonyl (C=O) groups excluding carboxylic acids is 1. The lowest BCUT2D eigenvalue weighted by molar-refractivity contribution is -0.164. The molecular weight excluding hydrogens is 296 g/mol. The summed E-state index contributed by atoms with van der Waals surface area (Å²) in [4.78, 5) is 12.6. The number of Topliss-reactive ketones (excluding diaryl/α,β-unsaturated/α-hetero) is 1. The fraction of sp³-hybridized carbons (Fsp3) is 0.611. The van der Waals surface area contributed by atoms with Gasteiger partial charge in [-0.2, -0.15) is 0 Å². The number of ketones is 1. The molecule has 0 bridgehead atoms. The van der Waals surface area contributed by atoms with Crippen LogP contribution >= 0.6 is 0 Å². The number of benzene rings is 1. The van der Waals surface area contributed by atoms with Gasteiger partial charge in [0.2, 0.25) is 5.75 Å². The first-order valence-electron chi connectivity index (χ1n) is 8.37. The second-order valence-electron chi connectivity index (χ2n) is 7.32. The molecule has 1 saturated carbocycles. The van der Waals surface area contributed by atoms with Crippen LogP contribution in [0.3, 0.4) is 0 Å². The van der Waals surface area contributed by atoms with Gasteiger partial charge in [0, 0.05) is 12.0 Å². The lowest BCUT2D eigenvalue weighted by Gasteiger charge is -2.56. The number of aliphatic hydroxyl groups is 1. The van der Waals surface area contributed by atoms with Crippen LogP contribution in [0.25, 0.3) is 0 Å². The van der Waals surface area contributed by atoms with E-state index < -0.39 is 17.1 Å². The molecule has 23 heavy (non-hydrogen) atoms. The summed E-state index contributed by atoms with van der Waals surface area (Å²) in [6.07, 6.45) is 1.95. The van der Waals surface area contributed by atoms with Crippen molar-refractivity contribution in [2.45, 2.75) is 63.1 Å². The SMILES string of the molecule is CCC[C@]12c3c4cc(O)c(O)c3O[C@H]1C(=O)CC[C@@]2(O)[C@H](C)C4. The minimum atomic E-state index is -1.02. The van der Waals surface area contributed by atoms with E-state index in [1.165, 1.54) is 0 Å². The van der Waals surface area contributed by atoms with Crippen molar-refractivity contribution in [2.24, 2.45) is 5.92 Å². The fourth-order valence-electron chi connectivity index (χ4n) is 5.30. The van der Waals surface area contributed by atoms with Crippen LogP contribution in [0.15, 0.2) is 6.07 Å². The summed E-state index contributed by atoms with van der Waals surface area (Å²) in [5, 5.41) is 31.8. The average Bonchev–Trinajstić information content (AvgIpc) is 2.86.